The molecule has 4 atom stereocenters. The van der Waals surface area contributed by atoms with Crippen LogP contribution in [0.2, 0.25) is 5.82 Å². The molecule has 0 aromatic rings. The van der Waals surface area contributed by atoms with Gasteiger partial charge in [-0.25, -0.2) is 0 Å². The number of rotatable bonds is 1. The summed E-state index contributed by atoms with van der Waals surface area (Å²) in [5.74, 6) is -1.70. The molecule has 1 aliphatic carbocycles. The van der Waals surface area contributed by atoms with Crippen LogP contribution in [0.5, 0.6) is 0 Å². The average Bonchev–Trinajstić information content (AvgIpc) is 2.15. The molecule has 0 saturated heterocycles. The van der Waals surface area contributed by atoms with E-state index in [1.54, 1.807) is 7.85 Å². The van der Waals surface area contributed by atoms with Gasteiger partial charge in [0, 0.05) is 5.82 Å². The Kier molecular flexibility index (Phi) is 2.29. The van der Waals surface area contributed by atoms with Gasteiger partial charge >= 0.3 is 0 Å². The molecule has 0 bridgehead atoms. The van der Waals surface area contributed by atoms with Gasteiger partial charge in [-0.2, -0.15) is 0 Å². The Bertz CT molecular complexity index is 204. The van der Waals surface area contributed by atoms with Crippen LogP contribution >= 0.6 is 0 Å². The molecule has 1 rings (SSSR count). The molecular formula is C7H13BO4. The highest BCUT2D eigenvalue weighted by Crippen LogP contribution is 2.38. The molecule has 0 spiro atoms. The molecule has 4 nitrogen and oxygen atoms in total. The van der Waals surface area contributed by atoms with Crippen LogP contribution in [0.15, 0.2) is 0 Å². The van der Waals surface area contributed by atoms with E-state index >= 15 is 0 Å². The maximum Gasteiger partial charge on any atom is 0.139 e. The second-order valence-corrected chi connectivity index (χ2v) is 3.58. The van der Waals surface area contributed by atoms with Crippen molar-refractivity contribution in [3.63, 3.8) is 0 Å². The first-order valence-corrected chi connectivity index (χ1v) is 3.98. The van der Waals surface area contributed by atoms with E-state index in [0.29, 0.717) is 0 Å². The predicted octanol–water partition coefficient (Wildman–Crippen LogP) is -2.29. The summed E-state index contributed by atoms with van der Waals surface area (Å²) in [5, 5.41) is 27.8. The van der Waals surface area contributed by atoms with Gasteiger partial charge in [-0.3, -0.25) is 4.79 Å². The lowest BCUT2D eigenvalue weighted by atomic mass is 9.75. The Morgan fingerprint density at radius 3 is 2.33 bits per heavy atom. The molecule has 0 aromatic carbocycles. The Labute approximate surface area is 71.6 Å². The summed E-state index contributed by atoms with van der Waals surface area (Å²) >= 11 is 0. The van der Waals surface area contributed by atoms with Crippen LogP contribution in [0.3, 0.4) is 0 Å². The summed E-state index contributed by atoms with van der Waals surface area (Å²) in [6, 6.07) is 0. The van der Waals surface area contributed by atoms with E-state index in [1.165, 1.54) is 6.92 Å². The summed E-state index contributed by atoms with van der Waals surface area (Å²) in [6.45, 7) is 1.01. The van der Waals surface area contributed by atoms with Gasteiger partial charge in [-0.15, -0.1) is 0 Å². The lowest BCUT2D eigenvalue weighted by Gasteiger charge is -2.25. The molecule has 3 N–H and O–H groups in total. The van der Waals surface area contributed by atoms with E-state index in [9.17, 15) is 15.0 Å². The standard InChI is InChI=1S/C7H13BO4/c1-7(12)5(8)4(10)3(2-9)6(7)11/h3,5-6,9,11-12H,2,8H2,1H3/t3-,5+,6+,7-/m0/s1. The fourth-order valence-electron chi connectivity index (χ4n) is 1.62. The smallest absolute Gasteiger partial charge is 0.139 e. The normalized spacial score (nSPS) is 48.3. The van der Waals surface area contributed by atoms with Crippen molar-refractivity contribution in [3.05, 3.63) is 0 Å². The zero-order valence-electron chi connectivity index (χ0n) is 7.19. The number of aliphatic hydroxyl groups is 3. The van der Waals surface area contributed by atoms with Crippen molar-refractivity contribution in [2.75, 3.05) is 6.61 Å². The van der Waals surface area contributed by atoms with Crippen LogP contribution < -0.4 is 0 Å². The maximum atomic E-state index is 11.3. The first-order chi connectivity index (χ1) is 5.42. The average molecular weight is 172 g/mol. The second-order valence-electron chi connectivity index (χ2n) is 3.58. The molecule has 5 heteroatoms. The Hall–Kier alpha value is -0.385. The lowest BCUT2D eigenvalue weighted by Crippen LogP contribution is -2.40. The van der Waals surface area contributed by atoms with E-state index in [4.69, 9.17) is 5.11 Å². The van der Waals surface area contributed by atoms with E-state index in [2.05, 4.69) is 0 Å². The summed E-state index contributed by atoms with van der Waals surface area (Å²) in [5.41, 5.74) is -1.40. The number of Topliss-reactive ketones (excluding diaryl/α,β-unsaturated/α-hetero) is 1. The molecule has 0 amide bonds. The van der Waals surface area contributed by atoms with Crippen LogP contribution in [0, 0.1) is 5.92 Å². The molecule has 0 heterocycles. The zero-order chi connectivity index (χ0) is 9.52. The SMILES string of the molecule is B[C@@H]1C(=O)[C@H](CO)[C@@H](O)[C@@]1(C)O. The van der Waals surface area contributed by atoms with E-state index < -0.39 is 30.0 Å². The summed E-state index contributed by atoms with van der Waals surface area (Å²) in [7, 11) is 1.56. The number of hydrogen-bond acceptors (Lipinski definition) is 4. The molecule has 68 valence electrons. The quantitative estimate of drug-likeness (QED) is 0.389. The van der Waals surface area contributed by atoms with Crippen molar-refractivity contribution in [2.24, 2.45) is 5.92 Å². The molecule has 0 aromatic heterocycles. The van der Waals surface area contributed by atoms with Crippen LogP contribution in [0.1, 0.15) is 6.92 Å². The molecule has 0 radical (unpaired) electrons. The van der Waals surface area contributed by atoms with Crippen molar-refractivity contribution in [1.82, 2.24) is 0 Å². The highest BCUT2D eigenvalue weighted by atomic mass is 16.3. The number of carbonyl (C=O) groups excluding carboxylic acids is 1. The third-order valence-corrected chi connectivity index (χ3v) is 2.85. The van der Waals surface area contributed by atoms with Gasteiger partial charge in [0.2, 0.25) is 0 Å². The van der Waals surface area contributed by atoms with Gasteiger partial charge in [-0.05, 0) is 6.92 Å². The summed E-state index contributed by atoms with van der Waals surface area (Å²) < 4.78 is 0. The number of hydrogen-bond donors (Lipinski definition) is 3. The van der Waals surface area contributed by atoms with Crippen LogP contribution in [0.25, 0.3) is 0 Å². The third kappa shape index (κ3) is 1.09. The lowest BCUT2D eigenvalue weighted by molar-refractivity contribution is -0.123. The Balaban J connectivity index is 2.94. The maximum absolute atomic E-state index is 11.3. The molecule has 1 saturated carbocycles. The highest BCUT2D eigenvalue weighted by Gasteiger charge is 2.53. The minimum atomic E-state index is -1.40. The van der Waals surface area contributed by atoms with Gasteiger partial charge in [-0.1, -0.05) is 0 Å². The molecular weight excluding hydrogens is 159 g/mol. The van der Waals surface area contributed by atoms with Crippen molar-refractivity contribution in [1.29, 1.82) is 0 Å². The molecule has 0 aliphatic heterocycles. The molecule has 1 fully saturated rings. The minimum absolute atomic E-state index is 0.269. The van der Waals surface area contributed by atoms with E-state index in [1.807, 2.05) is 0 Å². The molecule has 1 aliphatic rings. The highest BCUT2D eigenvalue weighted by molar-refractivity contribution is 6.26. The summed E-state index contributed by atoms with van der Waals surface area (Å²) in [4.78, 5) is 11.3. The second kappa shape index (κ2) is 2.83. The topological polar surface area (TPSA) is 77.8 Å². The van der Waals surface area contributed by atoms with E-state index in [0.717, 1.165) is 0 Å². The van der Waals surface area contributed by atoms with Crippen LogP contribution in [-0.2, 0) is 4.79 Å². The Morgan fingerprint density at radius 1 is 1.67 bits per heavy atom. The first-order valence-electron chi connectivity index (χ1n) is 3.98. The largest absolute Gasteiger partial charge is 0.396 e. The third-order valence-electron chi connectivity index (χ3n) is 2.85. The van der Waals surface area contributed by atoms with Gasteiger partial charge in [0.1, 0.15) is 13.6 Å². The fraction of sp³-hybridized carbons (Fsp3) is 0.857. The minimum Gasteiger partial charge on any atom is -0.396 e. The van der Waals surface area contributed by atoms with Gasteiger partial charge in [0.25, 0.3) is 0 Å². The van der Waals surface area contributed by atoms with Crippen molar-refractivity contribution in [3.8, 4) is 0 Å². The molecule has 12 heavy (non-hydrogen) atoms. The molecule has 0 unspecified atom stereocenters. The zero-order valence-corrected chi connectivity index (χ0v) is 7.19. The monoisotopic (exact) mass is 172 g/mol. The number of aliphatic hydroxyl groups excluding tert-OH is 2. The van der Waals surface area contributed by atoms with Gasteiger partial charge in [0.15, 0.2) is 0 Å². The number of carbonyl (C=O) groups is 1. The van der Waals surface area contributed by atoms with E-state index in [-0.39, 0.29) is 5.78 Å². The van der Waals surface area contributed by atoms with Gasteiger partial charge in [0.05, 0.1) is 24.2 Å². The van der Waals surface area contributed by atoms with Crippen LogP contribution in [0.4, 0.5) is 0 Å². The van der Waals surface area contributed by atoms with Crippen molar-refractivity contribution < 1.29 is 20.1 Å². The first kappa shape index (κ1) is 9.70. The van der Waals surface area contributed by atoms with Crippen molar-refractivity contribution >= 4 is 13.6 Å². The van der Waals surface area contributed by atoms with Crippen LogP contribution in [-0.4, -0.2) is 47.3 Å². The van der Waals surface area contributed by atoms with Gasteiger partial charge < -0.3 is 15.3 Å². The fourth-order valence-corrected chi connectivity index (χ4v) is 1.62. The van der Waals surface area contributed by atoms with Crippen molar-refractivity contribution in [2.45, 2.75) is 24.4 Å². The number of ketones is 1. The predicted molar refractivity (Wildman–Crippen MR) is 44.5 cm³/mol. The summed E-state index contributed by atoms with van der Waals surface area (Å²) in [6.07, 6.45) is -1.15. The Morgan fingerprint density at radius 2 is 2.17 bits per heavy atom.